The average molecular weight is 417 g/mol. The fraction of sp³-hybridized carbons (Fsp3) is 0.682. The number of ether oxygens (including phenoxy) is 2. The molecule has 1 saturated heterocycles. The fourth-order valence-corrected chi connectivity index (χ4v) is 4.64. The van der Waals surface area contributed by atoms with Crippen LogP contribution in [0.25, 0.3) is 0 Å². The van der Waals surface area contributed by atoms with Gasteiger partial charge in [-0.05, 0) is 46.1 Å². The van der Waals surface area contributed by atoms with Gasteiger partial charge in [0, 0.05) is 50.3 Å². The van der Waals surface area contributed by atoms with Crippen molar-refractivity contribution in [1.82, 2.24) is 19.6 Å². The van der Waals surface area contributed by atoms with Crippen molar-refractivity contribution < 1.29 is 19.1 Å². The quantitative estimate of drug-likeness (QED) is 0.693. The minimum absolute atomic E-state index is 0.0414. The summed E-state index contributed by atoms with van der Waals surface area (Å²) in [5, 5.41) is 4.93. The summed E-state index contributed by atoms with van der Waals surface area (Å²) in [4.78, 5) is 28.9. The monoisotopic (exact) mass is 416 g/mol. The zero-order chi connectivity index (χ0) is 21.5. The van der Waals surface area contributed by atoms with E-state index in [1.807, 2.05) is 25.5 Å². The molecule has 4 rings (SSSR count). The molecular weight excluding hydrogens is 384 g/mol. The summed E-state index contributed by atoms with van der Waals surface area (Å²) < 4.78 is 13.7. The number of hydrogen-bond acceptors (Lipinski definition) is 5. The summed E-state index contributed by atoms with van der Waals surface area (Å²) in [6, 6.07) is -0.276. The molecule has 3 aliphatic rings. The topological polar surface area (TPSA) is 76.9 Å². The van der Waals surface area contributed by atoms with E-state index in [0.717, 1.165) is 42.8 Å². The highest BCUT2D eigenvalue weighted by Crippen LogP contribution is 2.38. The molecule has 30 heavy (non-hydrogen) atoms. The van der Waals surface area contributed by atoms with Gasteiger partial charge in [-0.2, -0.15) is 5.10 Å². The molecule has 0 bridgehead atoms. The van der Waals surface area contributed by atoms with Crippen LogP contribution in [-0.4, -0.2) is 63.4 Å². The van der Waals surface area contributed by atoms with Crippen LogP contribution in [0.3, 0.4) is 0 Å². The maximum absolute atomic E-state index is 13.0. The molecule has 1 fully saturated rings. The molecule has 2 atom stereocenters. The third-order valence-electron chi connectivity index (χ3n) is 5.98. The average Bonchev–Trinajstić information content (AvgIpc) is 2.97. The van der Waals surface area contributed by atoms with Crippen molar-refractivity contribution in [2.75, 3.05) is 26.2 Å². The summed E-state index contributed by atoms with van der Waals surface area (Å²) >= 11 is 0. The van der Waals surface area contributed by atoms with Crippen molar-refractivity contribution >= 4 is 12.0 Å². The number of carbonyl (C=O) groups excluding carboxylic acids is 2. The normalized spacial score (nSPS) is 24.1. The third kappa shape index (κ3) is 3.97. The molecule has 0 aromatic carbocycles. The second kappa shape index (κ2) is 8.06. The van der Waals surface area contributed by atoms with E-state index in [0.29, 0.717) is 32.5 Å². The summed E-state index contributed by atoms with van der Waals surface area (Å²) in [5.41, 5.74) is 2.58. The van der Waals surface area contributed by atoms with E-state index >= 15 is 0 Å². The smallest absolute Gasteiger partial charge is 0.410 e. The maximum Gasteiger partial charge on any atom is 0.410 e. The summed E-state index contributed by atoms with van der Waals surface area (Å²) in [7, 11) is 0. The standard InChI is InChI=1S/C22H32N4O4/c1-5-18(27)24-11-9-15-20-16(26(23-15)19-8-6-7-13-29-19)10-12-25(17(20)14-24)21(28)30-22(2,3)4/h5,17,19H,1,6-14H2,2-4H3. The Hall–Kier alpha value is -2.35. The number of nitrogens with zero attached hydrogens (tertiary/aromatic N) is 4. The van der Waals surface area contributed by atoms with Gasteiger partial charge in [-0.3, -0.25) is 9.69 Å². The maximum atomic E-state index is 13.0. The van der Waals surface area contributed by atoms with Gasteiger partial charge >= 0.3 is 6.09 Å². The first-order valence-electron chi connectivity index (χ1n) is 10.9. The zero-order valence-corrected chi connectivity index (χ0v) is 18.2. The van der Waals surface area contributed by atoms with Crippen molar-refractivity contribution in [2.45, 2.75) is 70.7 Å². The molecule has 164 valence electrons. The number of rotatable bonds is 2. The Morgan fingerprint density at radius 2 is 2.03 bits per heavy atom. The van der Waals surface area contributed by atoms with E-state index in [2.05, 4.69) is 6.58 Å². The highest BCUT2D eigenvalue weighted by molar-refractivity contribution is 5.87. The Balaban J connectivity index is 1.71. The first kappa shape index (κ1) is 20.9. The largest absolute Gasteiger partial charge is 0.444 e. The third-order valence-corrected chi connectivity index (χ3v) is 5.98. The molecule has 8 heteroatoms. The highest BCUT2D eigenvalue weighted by atomic mass is 16.6. The van der Waals surface area contributed by atoms with E-state index in [1.54, 1.807) is 9.80 Å². The van der Waals surface area contributed by atoms with Gasteiger partial charge in [-0.15, -0.1) is 0 Å². The highest BCUT2D eigenvalue weighted by Gasteiger charge is 2.41. The van der Waals surface area contributed by atoms with Gasteiger partial charge in [0.15, 0.2) is 0 Å². The van der Waals surface area contributed by atoms with Crippen LogP contribution >= 0.6 is 0 Å². The lowest BCUT2D eigenvalue weighted by molar-refractivity contribution is -0.126. The van der Waals surface area contributed by atoms with Gasteiger partial charge in [-0.25, -0.2) is 9.48 Å². The minimum atomic E-state index is -0.582. The second-order valence-corrected chi connectivity index (χ2v) is 9.25. The first-order chi connectivity index (χ1) is 14.3. The van der Waals surface area contributed by atoms with Crippen LogP contribution in [-0.2, 0) is 27.1 Å². The van der Waals surface area contributed by atoms with E-state index in [4.69, 9.17) is 14.6 Å². The Labute approximate surface area is 177 Å². The molecule has 8 nitrogen and oxygen atoms in total. The van der Waals surface area contributed by atoms with Crippen LogP contribution < -0.4 is 0 Å². The van der Waals surface area contributed by atoms with Crippen molar-refractivity contribution in [3.05, 3.63) is 29.6 Å². The molecule has 0 N–H and O–H groups in total. The summed E-state index contributed by atoms with van der Waals surface area (Å²) in [6.45, 7) is 11.5. The lowest BCUT2D eigenvalue weighted by Gasteiger charge is -2.38. The molecule has 0 radical (unpaired) electrons. The molecule has 0 saturated carbocycles. The number of amides is 2. The first-order valence-corrected chi connectivity index (χ1v) is 10.9. The number of hydrogen-bond donors (Lipinski definition) is 0. The Kier molecular flexibility index (Phi) is 5.61. The van der Waals surface area contributed by atoms with Crippen molar-refractivity contribution in [2.24, 2.45) is 0 Å². The zero-order valence-electron chi connectivity index (χ0n) is 18.2. The lowest BCUT2D eigenvalue weighted by atomic mass is 9.96. The Bertz CT molecular complexity index is 835. The van der Waals surface area contributed by atoms with Crippen LogP contribution in [0.1, 0.15) is 69.3 Å². The van der Waals surface area contributed by atoms with E-state index in [9.17, 15) is 9.59 Å². The minimum Gasteiger partial charge on any atom is -0.444 e. The molecule has 2 unspecified atom stereocenters. The predicted molar refractivity (Wildman–Crippen MR) is 111 cm³/mol. The lowest BCUT2D eigenvalue weighted by Crippen LogP contribution is -2.47. The van der Waals surface area contributed by atoms with Crippen LogP contribution in [0.4, 0.5) is 4.79 Å². The van der Waals surface area contributed by atoms with Gasteiger partial charge < -0.3 is 14.4 Å². The number of aromatic nitrogens is 2. The molecule has 2 amide bonds. The summed E-state index contributed by atoms with van der Waals surface area (Å²) in [6.07, 6.45) is 5.47. The molecular formula is C22H32N4O4. The molecule has 0 spiro atoms. The van der Waals surface area contributed by atoms with Crippen LogP contribution in [0, 0.1) is 0 Å². The van der Waals surface area contributed by atoms with E-state index in [1.165, 1.54) is 6.08 Å². The van der Waals surface area contributed by atoms with Crippen LogP contribution in [0.5, 0.6) is 0 Å². The SMILES string of the molecule is C=CC(=O)N1CCc2nn(C3CCCCO3)c3c2C(C1)N(C(=O)OC(C)(C)C)CC3. The van der Waals surface area contributed by atoms with Gasteiger partial charge in [0.2, 0.25) is 5.91 Å². The van der Waals surface area contributed by atoms with Crippen molar-refractivity contribution in [3.63, 3.8) is 0 Å². The van der Waals surface area contributed by atoms with Gasteiger partial charge in [0.05, 0.1) is 11.7 Å². The summed E-state index contributed by atoms with van der Waals surface area (Å²) in [5.74, 6) is -0.125. The van der Waals surface area contributed by atoms with Crippen molar-refractivity contribution in [3.8, 4) is 0 Å². The van der Waals surface area contributed by atoms with Crippen molar-refractivity contribution in [1.29, 1.82) is 0 Å². The molecule has 1 aromatic rings. The predicted octanol–water partition coefficient (Wildman–Crippen LogP) is 2.99. The van der Waals surface area contributed by atoms with Crippen LogP contribution in [0.15, 0.2) is 12.7 Å². The van der Waals surface area contributed by atoms with Gasteiger partial charge in [0.1, 0.15) is 11.8 Å². The Morgan fingerprint density at radius 3 is 2.70 bits per heavy atom. The van der Waals surface area contributed by atoms with Gasteiger partial charge in [0.25, 0.3) is 0 Å². The second-order valence-electron chi connectivity index (χ2n) is 9.25. The van der Waals surface area contributed by atoms with Gasteiger partial charge in [-0.1, -0.05) is 6.58 Å². The fourth-order valence-electron chi connectivity index (χ4n) is 4.64. The molecule has 3 aliphatic heterocycles. The molecule has 4 heterocycles. The Morgan fingerprint density at radius 1 is 1.23 bits per heavy atom. The van der Waals surface area contributed by atoms with Crippen LogP contribution in [0.2, 0.25) is 0 Å². The van der Waals surface area contributed by atoms with E-state index in [-0.39, 0.29) is 24.3 Å². The molecule has 0 aliphatic carbocycles. The van der Waals surface area contributed by atoms with E-state index < -0.39 is 5.60 Å². The molecule has 1 aromatic heterocycles. The number of carbonyl (C=O) groups is 2.